The lowest BCUT2D eigenvalue weighted by molar-refractivity contribution is -0.142. The number of ether oxygens (including phenoxy) is 2. The smallest absolute Gasteiger partial charge is 0.327 e. The molecule has 6 N–H and O–H groups in total. The zero-order valence-corrected chi connectivity index (χ0v) is 48.9. The predicted octanol–water partition coefficient (Wildman–Crippen LogP) is 7.91. The van der Waals surface area contributed by atoms with Crippen LogP contribution in [0.2, 0.25) is 10.0 Å². The van der Waals surface area contributed by atoms with Gasteiger partial charge in [-0.05, 0) is 81.7 Å². The van der Waals surface area contributed by atoms with Crippen LogP contribution in [0.3, 0.4) is 0 Å². The summed E-state index contributed by atoms with van der Waals surface area (Å²) >= 11 is 16.1. The van der Waals surface area contributed by atoms with Crippen molar-refractivity contribution in [2.45, 2.75) is 89.3 Å². The first-order chi connectivity index (χ1) is 37.8. The zero-order chi connectivity index (χ0) is 57.0. The lowest BCUT2D eigenvalue weighted by Gasteiger charge is -2.37. The van der Waals surface area contributed by atoms with Crippen molar-refractivity contribution in [1.82, 2.24) is 40.7 Å². The Labute approximate surface area is 479 Å². The van der Waals surface area contributed by atoms with Gasteiger partial charge in [0, 0.05) is 87.9 Å². The number of thioether (sulfide) groups is 1. The van der Waals surface area contributed by atoms with Gasteiger partial charge in [0.25, 0.3) is 0 Å². The Bertz CT molecular complexity index is 2900. The van der Waals surface area contributed by atoms with E-state index in [9.17, 15) is 29.1 Å². The Balaban J connectivity index is 0.796. The number of benzene rings is 3. The van der Waals surface area contributed by atoms with Gasteiger partial charge >= 0.3 is 6.03 Å². The number of nitrogens with one attached hydrogen (secondary N) is 5. The molecule has 7 rings (SSSR count). The topological polar surface area (TPSA) is 236 Å². The van der Waals surface area contributed by atoms with E-state index >= 15 is 0 Å². The van der Waals surface area contributed by atoms with Gasteiger partial charge in [0.1, 0.15) is 51.6 Å². The largest absolute Gasteiger partial charge is 0.495 e. The van der Waals surface area contributed by atoms with E-state index in [-0.39, 0.29) is 64.0 Å². The molecule has 2 saturated heterocycles. The molecule has 79 heavy (non-hydrogen) atoms. The van der Waals surface area contributed by atoms with Crippen LogP contribution in [0, 0.1) is 6.92 Å². The number of carbonyl (C=O) groups is 5. The zero-order valence-electron chi connectivity index (χ0n) is 45.7. The van der Waals surface area contributed by atoms with Crippen LogP contribution < -0.4 is 45.9 Å². The van der Waals surface area contributed by atoms with E-state index in [1.54, 1.807) is 36.2 Å². The Kier molecular flexibility index (Phi) is 21.1. The van der Waals surface area contributed by atoms with E-state index in [1.807, 2.05) is 81.7 Å². The molecule has 0 unspecified atom stereocenters. The van der Waals surface area contributed by atoms with Crippen molar-refractivity contribution in [1.29, 1.82) is 0 Å². The highest BCUT2D eigenvalue weighted by molar-refractivity contribution is 8.00. The molecule has 2 aliphatic rings. The number of thiazole rings is 1. The molecule has 20 nitrogen and oxygen atoms in total. The Morgan fingerprint density at radius 1 is 0.911 bits per heavy atom. The number of aliphatic hydroxyl groups is 1. The third kappa shape index (κ3) is 15.7. The summed E-state index contributed by atoms with van der Waals surface area (Å²) in [7, 11) is 4.44. The normalized spacial score (nSPS) is 16.4. The van der Waals surface area contributed by atoms with Gasteiger partial charge in [0.15, 0.2) is 0 Å². The molecule has 0 saturated carbocycles. The molecule has 0 bridgehead atoms. The van der Waals surface area contributed by atoms with Crippen LogP contribution in [0.15, 0.2) is 72.5 Å². The molecule has 2 aliphatic heterocycles. The molecule has 3 aromatic carbocycles. The fourth-order valence-corrected chi connectivity index (χ4v) is 12.0. The lowest BCUT2D eigenvalue weighted by atomic mass is 10.0. The number of β-amino-alcohol motifs (C(OH)–C–C–N with tert-alkyl or cyclic N) is 1. The van der Waals surface area contributed by atoms with Crippen LogP contribution in [-0.4, -0.2) is 155 Å². The maximum absolute atomic E-state index is 14.3. The number of halogens is 2. The van der Waals surface area contributed by atoms with Gasteiger partial charge in [0.05, 0.1) is 54.7 Å². The second-order valence-electron chi connectivity index (χ2n) is 20.0. The molecule has 2 fully saturated rings. The van der Waals surface area contributed by atoms with E-state index in [0.29, 0.717) is 30.5 Å². The molecule has 6 amide bonds. The summed E-state index contributed by atoms with van der Waals surface area (Å²) in [5.74, 6) is 0.884. The maximum Gasteiger partial charge on any atom is 0.327 e. The first kappa shape index (κ1) is 60.2. The van der Waals surface area contributed by atoms with Gasteiger partial charge in [-0.15, -0.1) is 11.3 Å². The van der Waals surface area contributed by atoms with E-state index < -0.39 is 34.9 Å². The number of amides is 6. The lowest BCUT2D eigenvalue weighted by Crippen LogP contribution is -2.59. The minimum atomic E-state index is -0.939. The molecular weight excluding hydrogens is 1090 g/mol. The second kappa shape index (κ2) is 27.6. The van der Waals surface area contributed by atoms with Crippen molar-refractivity contribution in [2.24, 2.45) is 0 Å². The fraction of sp³-hybridized carbons (Fsp3) is 0.455. The highest BCUT2D eigenvalue weighted by Crippen LogP contribution is 2.44. The van der Waals surface area contributed by atoms with Crippen LogP contribution in [0.4, 0.5) is 33.5 Å². The third-order valence-electron chi connectivity index (χ3n) is 13.9. The summed E-state index contributed by atoms with van der Waals surface area (Å²) in [5.41, 5.74) is 6.68. The van der Waals surface area contributed by atoms with Crippen molar-refractivity contribution in [3.05, 3.63) is 93.8 Å². The number of likely N-dealkylation sites (tertiary alicyclic amines) is 1. The van der Waals surface area contributed by atoms with Crippen molar-refractivity contribution in [3.63, 3.8) is 0 Å². The number of aromatic nitrogens is 3. The number of hydrogen-bond donors (Lipinski definition) is 6. The minimum absolute atomic E-state index is 0.0134. The SMILES string of the molecule is COc1cc(OC)c(Cl)c(NC(=O)N(C)c2cc(Nc3ccc(N4CCN(CC(=O)NCCCCCSC(C)(C)[C@@H](NC(C)=O)C(=O)N5C[C@H](O)C[C@H]5C(=O)N[C@@H](C)c5ccc(-c6scnc6C)cc5)CC4)cc3)ncn2)c1Cl. The molecule has 0 spiro atoms. The van der Waals surface area contributed by atoms with Crippen molar-refractivity contribution < 1.29 is 38.6 Å². The standard InChI is InChI=1S/C55H70Cl2N12O8S2/c1-33(36-12-14-37(15-13-36)50-34(2)61-32-78-50)62-52(73)41-26-40(71)29-69(41)53(74)51(63-35(3)70)55(4,5)79-25-11-9-10-20-58-46(72)30-67-21-23-68(24-22-67)39-18-16-38(17-19-39)64-44-28-45(60-31-59-44)66(6)54(75)65-49-47(56)42(76-7)27-43(77-8)48(49)57/h12-19,27-28,31-33,40-41,51,71H,9-11,20-26,29-30H2,1-8H3,(H,58,72)(H,62,73)(H,63,70)(H,65,75)(H,59,60,64)/t33-,40+,41-,51-/m0/s1. The number of nitrogens with zero attached hydrogens (tertiary/aromatic N) is 7. The highest BCUT2D eigenvalue weighted by Gasteiger charge is 2.46. The Morgan fingerprint density at radius 3 is 2.23 bits per heavy atom. The summed E-state index contributed by atoms with van der Waals surface area (Å²) in [5, 5.41) is 25.9. The summed E-state index contributed by atoms with van der Waals surface area (Å²) in [6.07, 6.45) is 3.04. The second-order valence-corrected chi connectivity index (χ2v) is 23.3. The number of piperazine rings is 1. The molecule has 0 aliphatic carbocycles. The van der Waals surface area contributed by atoms with Crippen LogP contribution in [0.1, 0.15) is 70.7 Å². The monoisotopic (exact) mass is 1160 g/mol. The van der Waals surface area contributed by atoms with Crippen LogP contribution in [0.5, 0.6) is 11.5 Å². The molecule has 0 radical (unpaired) electrons. The quantitative estimate of drug-likeness (QED) is 0.0341. The van der Waals surface area contributed by atoms with Gasteiger partial charge in [-0.2, -0.15) is 11.8 Å². The van der Waals surface area contributed by atoms with Crippen LogP contribution >= 0.6 is 46.3 Å². The third-order valence-corrected chi connectivity index (χ3v) is 17.1. The number of hydrogen-bond acceptors (Lipinski definition) is 16. The summed E-state index contributed by atoms with van der Waals surface area (Å²) in [6, 6.07) is 16.3. The minimum Gasteiger partial charge on any atom is -0.495 e. The van der Waals surface area contributed by atoms with Gasteiger partial charge in [0.2, 0.25) is 23.6 Å². The molecular formula is C55H70Cl2N12O8S2. The number of aliphatic hydroxyl groups excluding tert-OH is 1. The number of rotatable bonds is 23. The van der Waals surface area contributed by atoms with E-state index in [0.717, 1.165) is 78.5 Å². The molecule has 24 heteroatoms. The molecule has 5 aromatic rings. The molecule has 424 valence electrons. The van der Waals surface area contributed by atoms with Crippen molar-refractivity contribution in [3.8, 4) is 21.9 Å². The predicted molar refractivity (Wildman–Crippen MR) is 313 cm³/mol. The Hall–Kier alpha value is -6.43. The number of aryl methyl sites for hydroxylation is 1. The van der Waals surface area contributed by atoms with Gasteiger partial charge in [-0.25, -0.2) is 19.7 Å². The number of anilines is 5. The average Bonchev–Trinajstić information content (AvgIpc) is 4.06. The summed E-state index contributed by atoms with van der Waals surface area (Å²) in [4.78, 5) is 87.9. The van der Waals surface area contributed by atoms with E-state index in [2.05, 4.69) is 51.3 Å². The van der Waals surface area contributed by atoms with E-state index in [1.165, 1.54) is 43.3 Å². The number of urea groups is 1. The van der Waals surface area contributed by atoms with Crippen molar-refractivity contribution in [2.75, 3.05) is 93.3 Å². The first-order valence-corrected chi connectivity index (χ1v) is 28.7. The van der Waals surface area contributed by atoms with Crippen LogP contribution in [0.25, 0.3) is 10.4 Å². The highest BCUT2D eigenvalue weighted by atomic mass is 35.5. The van der Waals surface area contributed by atoms with Gasteiger partial charge in [-0.1, -0.05) is 53.9 Å². The number of methoxy groups -OCH3 is 2. The van der Waals surface area contributed by atoms with Crippen molar-refractivity contribution >= 4 is 105 Å². The van der Waals surface area contributed by atoms with Gasteiger partial charge in [-0.3, -0.25) is 29.0 Å². The van der Waals surface area contributed by atoms with E-state index in [4.69, 9.17) is 32.7 Å². The number of unbranched alkanes of at least 4 members (excludes halogenated alkanes) is 2. The molecule has 2 aromatic heterocycles. The Morgan fingerprint density at radius 2 is 1.59 bits per heavy atom. The number of carbonyl (C=O) groups excluding carboxylic acids is 5. The fourth-order valence-electron chi connectivity index (χ4n) is 9.37. The maximum atomic E-state index is 14.3. The first-order valence-electron chi connectivity index (χ1n) is 26.0. The average molecular weight is 1160 g/mol. The molecule has 4 heterocycles. The van der Waals surface area contributed by atoms with Crippen LogP contribution in [-0.2, 0) is 19.2 Å². The summed E-state index contributed by atoms with van der Waals surface area (Å²) < 4.78 is 9.87. The molecule has 4 atom stereocenters. The van der Waals surface area contributed by atoms with Gasteiger partial charge < -0.3 is 51.0 Å². The summed E-state index contributed by atoms with van der Waals surface area (Å²) in [6.45, 7) is 12.9.